The van der Waals surface area contributed by atoms with Gasteiger partial charge in [-0.2, -0.15) is 0 Å². The molecule has 2 aromatic carbocycles. The summed E-state index contributed by atoms with van der Waals surface area (Å²) in [4.78, 5) is 35.8. The maximum Gasteiger partial charge on any atom is 0.258 e. The minimum absolute atomic E-state index is 0.133. The molecule has 0 fully saturated rings. The van der Waals surface area contributed by atoms with Crippen molar-refractivity contribution in [2.45, 2.75) is 19.9 Å². The first kappa shape index (κ1) is 20.5. The quantitative estimate of drug-likeness (QED) is 0.681. The van der Waals surface area contributed by atoms with Crippen LogP contribution in [0.3, 0.4) is 0 Å². The molecule has 0 spiro atoms. The first-order valence-electron chi connectivity index (χ1n) is 8.51. The third-order valence-electron chi connectivity index (χ3n) is 3.71. The van der Waals surface area contributed by atoms with Gasteiger partial charge in [0, 0.05) is 22.7 Å². The number of amides is 2. The topological polar surface area (TPSA) is 84.5 Å². The van der Waals surface area contributed by atoms with Crippen LogP contribution in [0.4, 0.5) is 0 Å². The minimum atomic E-state index is -0.638. The lowest BCUT2D eigenvalue weighted by Gasteiger charge is -2.13. The van der Waals surface area contributed by atoms with Crippen molar-refractivity contribution < 1.29 is 19.1 Å². The van der Waals surface area contributed by atoms with E-state index in [-0.39, 0.29) is 18.3 Å². The van der Waals surface area contributed by atoms with Gasteiger partial charge in [0.25, 0.3) is 5.91 Å². The van der Waals surface area contributed by atoms with Gasteiger partial charge in [0.1, 0.15) is 11.8 Å². The van der Waals surface area contributed by atoms with Gasteiger partial charge in [-0.15, -0.1) is 0 Å². The van der Waals surface area contributed by atoms with E-state index in [4.69, 9.17) is 16.3 Å². The molecule has 142 valence electrons. The van der Waals surface area contributed by atoms with Gasteiger partial charge in [-0.1, -0.05) is 11.6 Å². The Morgan fingerprint density at radius 3 is 2.11 bits per heavy atom. The zero-order valence-corrected chi connectivity index (χ0v) is 15.9. The van der Waals surface area contributed by atoms with Crippen molar-refractivity contribution in [1.29, 1.82) is 0 Å². The first-order chi connectivity index (χ1) is 12.9. The van der Waals surface area contributed by atoms with E-state index >= 15 is 0 Å². The van der Waals surface area contributed by atoms with E-state index in [1.54, 1.807) is 62.4 Å². The van der Waals surface area contributed by atoms with E-state index in [9.17, 15) is 14.4 Å². The fourth-order valence-electron chi connectivity index (χ4n) is 2.30. The molecule has 0 aliphatic rings. The molecule has 7 heteroatoms. The van der Waals surface area contributed by atoms with Crippen LogP contribution in [0.5, 0.6) is 5.75 Å². The average molecular weight is 389 g/mol. The van der Waals surface area contributed by atoms with Crippen molar-refractivity contribution >= 4 is 29.2 Å². The van der Waals surface area contributed by atoms with Crippen molar-refractivity contribution in [3.8, 4) is 5.75 Å². The second kappa shape index (κ2) is 9.73. The molecule has 2 N–H and O–H groups in total. The summed E-state index contributed by atoms with van der Waals surface area (Å²) in [5.74, 6) is -0.346. The van der Waals surface area contributed by atoms with E-state index in [1.165, 1.54) is 0 Å². The predicted molar refractivity (Wildman–Crippen MR) is 103 cm³/mol. The Morgan fingerprint density at radius 1 is 1.00 bits per heavy atom. The molecule has 0 aliphatic heterocycles. The van der Waals surface area contributed by atoms with Gasteiger partial charge in [0.2, 0.25) is 5.91 Å². The number of hydrogen-bond acceptors (Lipinski definition) is 4. The van der Waals surface area contributed by atoms with Crippen LogP contribution in [0.1, 0.15) is 29.8 Å². The van der Waals surface area contributed by atoms with E-state index in [2.05, 4.69) is 10.6 Å². The average Bonchev–Trinajstić information content (AvgIpc) is 2.67. The number of nitrogens with one attached hydrogen (secondary N) is 2. The Labute approximate surface area is 162 Å². The van der Waals surface area contributed by atoms with Gasteiger partial charge < -0.3 is 15.4 Å². The zero-order valence-electron chi connectivity index (χ0n) is 15.1. The van der Waals surface area contributed by atoms with Gasteiger partial charge in [0.15, 0.2) is 12.4 Å². The van der Waals surface area contributed by atoms with Crippen molar-refractivity contribution in [3.63, 3.8) is 0 Å². The molecule has 1 atom stereocenters. The fraction of sp³-hybridized carbons (Fsp3) is 0.250. The smallest absolute Gasteiger partial charge is 0.258 e. The largest absolute Gasteiger partial charge is 0.484 e. The summed E-state index contributed by atoms with van der Waals surface area (Å²) in [6.45, 7) is 3.67. The van der Waals surface area contributed by atoms with Gasteiger partial charge in [-0.25, -0.2) is 0 Å². The molecule has 0 radical (unpaired) electrons. The lowest BCUT2D eigenvalue weighted by molar-refractivity contribution is -0.129. The number of ether oxygens (including phenoxy) is 1. The molecule has 6 nitrogen and oxygen atoms in total. The number of halogens is 1. The highest BCUT2D eigenvalue weighted by Crippen LogP contribution is 2.17. The van der Waals surface area contributed by atoms with E-state index in [0.29, 0.717) is 28.4 Å². The molecule has 2 aromatic rings. The molecule has 0 aliphatic carbocycles. The van der Waals surface area contributed by atoms with Gasteiger partial charge in [-0.3, -0.25) is 14.4 Å². The van der Waals surface area contributed by atoms with Crippen LogP contribution in [0.2, 0.25) is 5.02 Å². The minimum Gasteiger partial charge on any atom is -0.484 e. The molecule has 0 aromatic heterocycles. The Balaban J connectivity index is 1.88. The number of carbonyl (C=O) groups is 3. The summed E-state index contributed by atoms with van der Waals surface area (Å²) < 4.78 is 5.39. The van der Waals surface area contributed by atoms with E-state index in [0.717, 1.165) is 0 Å². The second-order valence-electron chi connectivity index (χ2n) is 5.83. The van der Waals surface area contributed by atoms with Crippen LogP contribution >= 0.6 is 11.6 Å². The Morgan fingerprint density at radius 2 is 1.56 bits per heavy atom. The summed E-state index contributed by atoms with van der Waals surface area (Å²) in [5.41, 5.74) is 1.03. The van der Waals surface area contributed by atoms with Gasteiger partial charge in [0.05, 0.1) is 0 Å². The monoisotopic (exact) mass is 388 g/mol. The Hall–Kier alpha value is -2.86. The standard InChI is InChI=1S/C20H21ClN2O4/c1-3-22-20(26)13(2)23-18(24)12-27-17-10-6-15(7-11-17)19(25)14-4-8-16(21)9-5-14/h4-11,13H,3,12H2,1-2H3,(H,22,26)(H,23,24)/t13-/m1/s1. The highest BCUT2D eigenvalue weighted by Gasteiger charge is 2.15. The molecule has 0 saturated carbocycles. The number of benzene rings is 2. The highest BCUT2D eigenvalue weighted by molar-refractivity contribution is 6.30. The molecule has 0 unspecified atom stereocenters. The molecule has 27 heavy (non-hydrogen) atoms. The lowest BCUT2D eigenvalue weighted by Crippen LogP contribution is -2.46. The zero-order chi connectivity index (χ0) is 19.8. The Kier molecular flexibility index (Phi) is 7.37. The van der Waals surface area contributed by atoms with Crippen LogP contribution < -0.4 is 15.4 Å². The molecule has 0 heterocycles. The van der Waals surface area contributed by atoms with Crippen molar-refractivity contribution in [3.05, 3.63) is 64.7 Å². The number of hydrogen-bond donors (Lipinski definition) is 2. The number of rotatable bonds is 8. The van der Waals surface area contributed by atoms with Crippen LogP contribution in [0.25, 0.3) is 0 Å². The summed E-state index contributed by atoms with van der Waals surface area (Å²) in [6.07, 6.45) is 0. The van der Waals surface area contributed by atoms with E-state index in [1.807, 2.05) is 0 Å². The van der Waals surface area contributed by atoms with Crippen LogP contribution in [-0.2, 0) is 9.59 Å². The summed E-state index contributed by atoms with van der Waals surface area (Å²) in [6, 6.07) is 12.5. The van der Waals surface area contributed by atoms with Crippen molar-refractivity contribution in [1.82, 2.24) is 10.6 Å². The molecule has 2 amide bonds. The first-order valence-corrected chi connectivity index (χ1v) is 8.88. The number of carbonyl (C=O) groups excluding carboxylic acids is 3. The maximum absolute atomic E-state index is 12.4. The summed E-state index contributed by atoms with van der Waals surface area (Å²) in [5, 5.41) is 5.74. The number of ketones is 1. The van der Waals surface area contributed by atoms with Gasteiger partial charge in [-0.05, 0) is 62.4 Å². The number of likely N-dealkylation sites (N-methyl/N-ethyl adjacent to an activating group) is 1. The summed E-state index contributed by atoms with van der Waals surface area (Å²) in [7, 11) is 0. The predicted octanol–water partition coefficient (Wildman–Crippen LogP) is 2.59. The van der Waals surface area contributed by atoms with Crippen LogP contribution in [0, 0.1) is 0 Å². The van der Waals surface area contributed by atoms with Crippen LogP contribution in [0.15, 0.2) is 48.5 Å². The molecule has 0 saturated heterocycles. The third-order valence-corrected chi connectivity index (χ3v) is 3.97. The molecular weight excluding hydrogens is 368 g/mol. The molecular formula is C20H21ClN2O4. The maximum atomic E-state index is 12.4. The van der Waals surface area contributed by atoms with Crippen LogP contribution in [-0.4, -0.2) is 36.8 Å². The fourth-order valence-corrected chi connectivity index (χ4v) is 2.42. The Bertz CT molecular complexity index is 804. The third kappa shape index (κ3) is 6.11. The van der Waals surface area contributed by atoms with Gasteiger partial charge >= 0.3 is 0 Å². The SMILES string of the molecule is CCNC(=O)[C@@H](C)NC(=O)COc1ccc(C(=O)c2ccc(Cl)cc2)cc1. The second-order valence-corrected chi connectivity index (χ2v) is 6.27. The summed E-state index contributed by atoms with van der Waals surface area (Å²) >= 11 is 5.83. The lowest BCUT2D eigenvalue weighted by atomic mass is 10.0. The molecule has 0 bridgehead atoms. The normalized spacial score (nSPS) is 11.4. The highest BCUT2D eigenvalue weighted by atomic mass is 35.5. The van der Waals surface area contributed by atoms with E-state index < -0.39 is 11.9 Å². The van der Waals surface area contributed by atoms with Crippen molar-refractivity contribution in [2.75, 3.05) is 13.2 Å². The van der Waals surface area contributed by atoms with Crippen molar-refractivity contribution in [2.24, 2.45) is 0 Å². The molecule has 2 rings (SSSR count).